The third-order valence-corrected chi connectivity index (χ3v) is 3.54. The van der Waals surface area contributed by atoms with Crippen molar-refractivity contribution in [2.75, 3.05) is 18.5 Å². The van der Waals surface area contributed by atoms with Gasteiger partial charge in [0.25, 0.3) is 5.91 Å². The van der Waals surface area contributed by atoms with Gasteiger partial charge >= 0.3 is 6.18 Å². The van der Waals surface area contributed by atoms with Gasteiger partial charge in [0.05, 0.1) is 17.4 Å². The van der Waals surface area contributed by atoms with E-state index in [1.54, 1.807) is 0 Å². The number of nitrogens with zero attached hydrogens (tertiary/aromatic N) is 2. The quantitative estimate of drug-likeness (QED) is 0.638. The van der Waals surface area contributed by atoms with Gasteiger partial charge in [0.2, 0.25) is 0 Å². The molecule has 1 heterocycles. The second-order valence-corrected chi connectivity index (χ2v) is 5.89. The van der Waals surface area contributed by atoms with Gasteiger partial charge in [0.15, 0.2) is 12.3 Å². The highest BCUT2D eigenvalue weighted by Crippen LogP contribution is 2.27. The van der Waals surface area contributed by atoms with Gasteiger partial charge in [-0.15, -0.1) is 0 Å². The molecule has 0 bridgehead atoms. The van der Waals surface area contributed by atoms with Gasteiger partial charge in [0, 0.05) is 24.7 Å². The molecule has 0 spiro atoms. The fourth-order valence-electron chi connectivity index (χ4n) is 1.94. The number of amides is 1. The van der Waals surface area contributed by atoms with Gasteiger partial charge in [0.1, 0.15) is 17.4 Å². The zero-order valence-corrected chi connectivity index (χ0v) is 15.1. The van der Waals surface area contributed by atoms with Crippen LogP contribution in [-0.2, 0) is 11.0 Å². The van der Waals surface area contributed by atoms with Gasteiger partial charge in [-0.25, -0.2) is 9.37 Å². The number of alkyl halides is 3. The highest BCUT2D eigenvalue weighted by atomic mass is 35.5. The SMILES string of the molecule is C=C(CCNc1cncc(C(F)(F)F)n1)NC(=O)COc1ccc(Cl)c(F)c1. The number of carbonyl (C=O) groups is 1. The third kappa shape index (κ3) is 6.69. The zero-order valence-electron chi connectivity index (χ0n) is 14.3. The van der Waals surface area contributed by atoms with Crippen LogP contribution in [0.5, 0.6) is 5.75 Å². The van der Waals surface area contributed by atoms with Crippen molar-refractivity contribution in [1.29, 1.82) is 0 Å². The number of hydrogen-bond donors (Lipinski definition) is 2. The van der Waals surface area contributed by atoms with Crippen molar-refractivity contribution in [2.24, 2.45) is 0 Å². The molecule has 1 aromatic heterocycles. The lowest BCUT2D eigenvalue weighted by molar-refractivity contribution is -0.141. The second-order valence-electron chi connectivity index (χ2n) is 5.48. The molecular formula is C17H15ClF4N4O2. The molecule has 1 aromatic carbocycles. The lowest BCUT2D eigenvalue weighted by atomic mass is 10.3. The summed E-state index contributed by atoms with van der Waals surface area (Å²) in [6, 6.07) is 3.75. The summed E-state index contributed by atoms with van der Waals surface area (Å²) >= 11 is 5.54. The van der Waals surface area contributed by atoms with Crippen molar-refractivity contribution in [3.05, 3.63) is 59.4 Å². The van der Waals surface area contributed by atoms with E-state index in [1.165, 1.54) is 12.1 Å². The Balaban J connectivity index is 1.73. The number of anilines is 1. The Morgan fingerprint density at radius 1 is 1.29 bits per heavy atom. The van der Waals surface area contributed by atoms with Crippen LogP contribution in [0.4, 0.5) is 23.4 Å². The predicted octanol–water partition coefficient (Wildman–Crippen LogP) is 3.80. The summed E-state index contributed by atoms with van der Waals surface area (Å²) in [4.78, 5) is 18.7. The van der Waals surface area contributed by atoms with E-state index in [1.807, 2.05) is 0 Å². The van der Waals surface area contributed by atoms with Crippen molar-refractivity contribution in [2.45, 2.75) is 12.6 Å². The van der Waals surface area contributed by atoms with Gasteiger partial charge in [-0.3, -0.25) is 9.78 Å². The van der Waals surface area contributed by atoms with Crippen LogP contribution >= 0.6 is 11.6 Å². The molecule has 0 fully saturated rings. The average Bonchev–Trinajstić information content (AvgIpc) is 2.62. The first-order valence-corrected chi connectivity index (χ1v) is 8.21. The van der Waals surface area contributed by atoms with E-state index in [4.69, 9.17) is 16.3 Å². The highest BCUT2D eigenvalue weighted by Gasteiger charge is 2.33. The molecule has 0 saturated heterocycles. The summed E-state index contributed by atoms with van der Waals surface area (Å²) in [5.41, 5.74) is -0.802. The molecule has 2 N–H and O–H groups in total. The minimum atomic E-state index is -4.59. The van der Waals surface area contributed by atoms with Crippen LogP contribution < -0.4 is 15.4 Å². The van der Waals surface area contributed by atoms with Crippen LogP contribution in [0.2, 0.25) is 5.02 Å². The molecule has 0 radical (unpaired) electrons. The fraction of sp³-hybridized carbons (Fsp3) is 0.235. The number of ether oxygens (including phenoxy) is 1. The van der Waals surface area contributed by atoms with Crippen molar-refractivity contribution in [3.8, 4) is 5.75 Å². The zero-order chi connectivity index (χ0) is 20.7. The standard InChI is InChI=1S/C17H15ClF4N4O2/c1-10(4-5-24-15-8-23-7-14(26-15)17(20,21)22)25-16(27)9-28-11-2-3-12(18)13(19)6-11/h2-3,6-8H,1,4-5,9H2,(H,24,26)(H,25,27). The Morgan fingerprint density at radius 2 is 2.04 bits per heavy atom. The Labute approximate surface area is 162 Å². The molecule has 0 unspecified atom stereocenters. The van der Waals surface area contributed by atoms with E-state index in [9.17, 15) is 22.4 Å². The van der Waals surface area contributed by atoms with Gasteiger partial charge in [-0.1, -0.05) is 18.2 Å². The Bertz CT molecular complexity index is 861. The summed E-state index contributed by atoms with van der Waals surface area (Å²) in [6.45, 7) is 3.43. The minimum Gasteiger partial charge on any atom is -0.484 e. The fourth-order valence-corrected chi connectivity index (χ4v) is 2.06. The topological polar surface area (TPSA) is 76.1 Å². The monoisotopic (exact) mass is 418 g/mol. The largest absolute Gasteiger partial charge is 0.484 e. The van der Waals surface area contributed by atoms with Gasteiger partial charge in [-0.2, -0.15) is 13.2 Å². The second kappa shape index (κ2) is 9.36. The lowest BCUT2D eigenvalue weighted by Gasteiger charge is -2.11. The molecule has 0 aliphatic carbocycles. The molecule has 1 amide bonds. The Morgan fingerprint density at radius 3 is 2.71 bits per heavy atom. The lowest BCUT2D eigenvalue weighted by Crippen LogP contribution is -2.28. The van der Waals surface area contributed by atoms with E-state index in [2.05, 4.69) is 27.2 Å². The van der Waals surface area contributed by atoms with Crippen LogP contribution in [0.15, 0.2) is 42.9 Å². The van der Waals surface area contributed by atoms with Crippen LogP contribution in [-0.4, -0.2) is 29.0 Å². The first-order valence-electron chi connectivity index (χ1n) is 7.84. The maximum absolute atomic E-state index is 13.3. The number of aromatic nitrogens is 2. The summed E-state index contributed by atoms with van der Waals surface area (Å²) < 4.78 is 56.1. The molecule has 28 heavy (non-hydrogen) atoms. The Kier molecular flexibility index (Phi) is 7.16. The number of benzene rings is 1. The summed E-state index contributed by atoms with van der Waals surface area (Å²) in [5.74, 6) is -1.12. The van der Waals surface area contributed by atoms with Crippen LogP contribution in [0.25, 0.3) is 0 Å². The van der Waals surface area contributed by atoms with Gasteiger partial charge < -0.3 is 15.4 Å². The van der Waals surface area contributed by atoms with Crippen molar-refractivity contribution in [3.63, 3.8) is 0 Å². The number of rotatable bonds is 8. The van der Waals surface area contributed by atoms with Crippen molar-refractivity contribution in [1.82, 2.24) is 15.3 Å². The van der Waals surface area contributed by atoms with Crippen molar-refractivity contribution < 1.29 is 27.1 Å². The van der Waals surface area contributed by atoms with Crippen LogP contribution in [0, 0.1) is 5.82 Å². The van der Waals surface area contributed by atoms with Crippen LogP contribution in [0.3, 0.4) is 0 Å². The molecule has 2 rings (SSSR count). The van der Waals surface area contributed by atoms with E-state index < -0.39 is 23.6 Å². The number of halogens is 5. The molecule has 0 aliphatic heterocycles. The van der Waals surface area contributed by atoms with E-state index in [-0.39, 0.29) is 36.2 Å². The Hall–Kier alpha value is -2.88. The summed E-state index contributed by atoms with van der Waals surface area (Å²) in [5, 5.41) is 5.06. The summed E-state index contributed by atoms with van der Waals surface area (Å²) in [7, 11) is 0. The average molecular weight is 419 g/mol. The first-order chi connectivity index (χ1) is 13.1. The number of carbonyl (C=O) groups excluding carboxylic acids is 1. The number of hydrogen-bond acceptors (Lipinski definition) is 5. The minimum absolute atomic E-state index is 0.0537. The normalized spacial score (nSPS) is 11.0. The third-order valence-electron chi connectivity index (χ3n) is 3.24. The first kappa shape index (κ1) is 21.4. The molecule has 2 aromatic rings. The molecule has 0 saturated carbocycles. The summed E-state index contributed by atoms with van der Waals surface area (Å²) in [6.07, 6.45) is -2.60. The van der Waals surface area contributed by atoms with Gasteiger partial charge in [-0.05, 0) is 12.1 Å². The maximum atomic E-state index is 13.3. The molecular weight excluding hydrogens is 404 g/mol. The molecule has 150 valence electrons. The predicted molar refractivity (Wildman–Crippen MR) is 94.3 cm³/mol. The maximum Gasteiger partial charge on any atom is 0.434 e. The van der Waals surface area contributed by atoms with E-state index in [0.29, 0.717) is 11.9 Å². The molecule has 6 nitrogen and oxygen atoms in total. The smallest absolute Gasteiger partial charge is 0.434 e. The van der Waals surface area contributed by atoms with Crippen molar-refractivity contribution >= 4 is 23.3 Å². The van der Waals surface area contributed by atoms with E-state index in [0.717, 1.165) is 12.3 Å². The molecule has 11 heteroatoms. The number of nitrogens with one attached hydrogen (secondary N) is 2. The molecule has 0 aliphatic rings. The highest BCUT2D eigenvalue weighted by molar-refractivity contribution is 6.30. The van der Waals surface area contributed by atoms with E-state index >= 15 is 0 Å². The molecule has 0 atom stereocenters. The van der Waals surface area contributed by atoms with Crippen LogP contribution in [0.1, 0.15) is 12.1 Å².